The summed E-state index contributed by atoms with van der Waals surface area (Å²) in [6, 6.07) is 12.6. The predicted octanol–water partition coefficient (Wildman–Crippen LogP) is 2.01. The van der Waals surface area contributed by atoms with Crippen LogP contribution in [0.5, 0.6) is 0 Å². The molecule has 0 spiro atoms. The van der Waals surface area contributed by atoms with Crippen LogP contribution in [0.3, 0.4) is 0 Å². The molecule has 0 aliphatic carbocycles. The Balaban J connectivity index is 1.33. The number of nitrogens with zero attached hydrogens (tertiary/aromatic N) is 4. The number of hydrogen-bond donors (Lipinski definition) is 2. The smallest absolute Gasteiger partial charge is 0.328 e. The molecule has 1 aliphatic heterocycles. The number of hydrogen-bond acceptors (Lipinski definition) is 6. The Morgan fingerprint density at radius 2 is 1.74 bits per heavy atom. The zero-order valence-electron chi connectivity index (χ0n) is 17.1. The minimum atomic E-state index is -0.530. The van der Waals surface area contributed by atoms with Gasteiger partial charge in [0.15, 0.2) is 5.82 Å². The lowest BCUT2D eigenvalue weighted by Gasteiger charge is -2.27. The topological polar surface area (TPSA) is 113 Å². The van der Waals surface area contributed by atoms with Crippen LogP contribution in [0.2, 0.25) is 0 Å². The minimum absolute atomic E-state index is 0.108. The van der Waals surface area contributed by atoms with Crippen LogP contribution in [0.4, 0.5) is 11.5 Å². The van der Waals surface area contributed by atoms with E-state index >= 15 is 0 Å². The van der Waals surface area contributed by atoms with Gasteiger partial charge >= 0.3 is 5.69 Å². The maximum absolute atomic E-state index is 12.2. The Bertz CT molecular complexity index is 1150. The van der Waals surface area contributed by atoms with Crippen LogP contribution in [-0.2, 0) is 11.3 Å². The second-order valence-corrected chi connectivity index (χ2v) is 7.50. The van der Waals surface area contributed by atoms with Crippen molar-refractivity contribution in [2.45, 2.75) is 32.2 Å². The van der Waals surface area contributed by atoms with Crippen LogP contribution >= 0.6 is 0 Å². The summed E-state index contributed by atoms with van der Waals surface area (Å²) in [4.78, 5) is 39.3. The number of benzene rings is 1. The molecule has 2 aromatic heterocycles. The molecule has 0 bridgehead atoms. The standard InChI is InChI=1S/C22H24N6O3/c29-20(10-14-28-15-11-21(30)24-22(28)31)23-17-6-4-16(5-7-17)18-8-9-19(26-25-18)27-12-2-1-3-13-27/h4-9,11,15H,1-3,10,12-14H2,(H,23,29)(H,24,30,31). The van der Waals surface area contributed by atoms with E-state index in [0.717, 1.165) is 30.2 Å². The Morgan fingerprint density at radius 3 is 2.42 bits per heavy atom. The molecule has 1 fully saturated rings. The van der Waals surface area contributed by atoms with Gasteiger partial charge in [-0.2, -0.15) is 0 Å². The molecular weight excluding hydrogens is 396 g/mol. The largest absolute Gasteiger partial charge is 0.355 e. The van der Waals surface area contributed by atoms with Crippen LogP contribution in [0, 0.1) is 0 Å². The van der Waals surface area contributed by atoms with Crippen molar-refractivity contribution in [2.75, 3.05) is 23.3 Å². The van der Waals surface area contributed by atoms with Crippen LogP contribution in [0.1, 0.15) is 25.7 Å². The van der Waals surface area contributed by atoms with E-state index in [1.54, 1.807) is 12.1 Å². The number of piperidine rings is 1. The first kappa shape index (κ1) is 20.5. The highest BCUT2D eigenvalue weighted by Crippen LogP contribution is 2.22. The number of aromatic nitrogens is 4. The SMILES string of the molecule is O=C(CCn1ccc(=O)[nH]c1=O)Nc1ccc(-c2ccc(N3CCCCC3)nn2)cc1. The summed E-state index contributed by atoms with van der Waals surface area (Å²) in [7, 11) is 0. The molecule has 1 aliphatic rings. The molecule has 0 radical (unpaired) electrons. The molecule has 1 amide bonds. The van der Waals surface area contributed by atoms with E-state index in [4.69, 9.17) is 0 Å². The number of amides is 1. The summed E-state index contributed by atoms with van der Waals surface area (Å²) in [5.41, 5.74) is 1.35. The van der Waals surface area contributed by atoms with E-state index in [1.165, 1.54) is 36.1 Å². The maximum atomic E-state index is 12.2. The highest BCUT2D eigenvalue weighted by atomic mass is 16.2. The Morgan fingerprint density at radius 1 is 0.968 bits per heavy atom. The summed E-state index contributed by atoms with van der Waals surface area (Å²) in [6.07, 6.45) is 5.14. The van der Waals surface area contributed by atoms with E-state index < -0.39 is 11.2 Å². The van der Waals surface area contributed by atoms with Crippen molar-refractivity contribution < 1.29 is 4.79 Å². The van der Waals surface area contributed by atoms with E-state index in [1.807, 2.05) is 24.3 Å². The van der Waals surface area contributed by atoms with Gasteiger partial charge in [-0.25, -0.2) is 4.79 Å². The fraction of sp³-hybridized carbons (Fsp3) is 0.318. The van der Waals surface area contributed by atoms with Crippen LogP contribution in [0.25, 0.3) is 11.3 Å². The van der Waals surface area contributed by atoms with Gasteiger partial charge in [-0.05, 0) is 43.5 Å². The second-order valence-electron chi connectivity index (χ2n) is 7.50. The number of carbonyl (C=O) groups excluding carboxylic acids is 1. The molecule has 0 unspecified atom stereocenters. The van der Waals surface area contributed by atoms with E-state index in [9.17, 15) is 14.4 Å². The van der Waals surface area contributed by atoms with Crippen LogP contribution in [-0.4, -0.2) is 38.7 Å². The Labute approximate surface area is 178 Å². The van der Waals surface area contributed by atoms with Crippen molar-refractivity contribution in [1.29, 1.82) is 0 Å². The fourth-order valence-corrected chi connectivity index (χ4v) is 3.56. The first-order valence-electron chi connectivity index (χ1n) is 10.4. The average Bonchev–Trinajstić information content (AvgIpc) is 2.80. The quantitative estimate of drug-likeness (QED) is 0.631. The van der Waals surface area contributed by atoms with Gasteiger partial charge in [-0.3, -0.25) is 14.6 Å². The monoisotopic (exact) mass is 420 g/mol. The Hall–Kier alpha value is -3.75. The van der Waals surface area contributed by atoms with Crippen molar-refractivity contribution in [1.82, 2.24) is 19.7 Å². The summed E-state index contributed by atoms with van der Waals surface area (Å²) in [6.45, 7) is 2.23. The molecule has 4 rings (SSSR count). The number of anilines is 2. The van der Waals surface area contributed by atoms with Gasteiger partial charge in [0, 0.05) is 49.6 Å². The molecule has 1 saturated heterocycles. The molecule has 9 nitrogen and oxygen atoms in total. The number of carbonyl (C=O) groups is 1. The first-order chi connectivity index (χ1) is 15.1. The van der Waals surface area contributed by atoms with Gasteiger partial charge in [-0.15, -0.1) is 10.2 Å². The normalized spacial score (nSPS) is 13.7. The average molecular weight is 420 g/mol. The molecule has 160 valence electrons. The lowest BCUT2D eigenvalue weighted by Crippen LogP contribution is -2.30. The van der Waals surface area contributed by atoms with Crippen LogP contribution in [0.15, 0.2) is 58.3 Å². The Kier molecular flexibility index (Phi) is 6.21. The number of rotatable bonds is 6. The van der Waals surface area contributed by atoms with Gasteiger partial charge in [0.2, 0.25) is 5.91 Å². The van der Waals surface area contributed by atoms with Crippen molar-refractivity contribution in [3.05, 3.63) is 69.5 Å². The molecule has 1 aromatic carbocycles. The third-order valence-electron chi connectivity index (χ3n) is 5.27. The van der Waals surface area contributed by atoms with E-state index in [0.29, 0.717) is 5.69 Å². The maximum Gasteiger partial charge on any atom is 0.328 e. The molecule has 31 heavy (non-hydrogen) atoms. The lowest BCUT2D eigenvalue weighted by molar-refractivity contribution is -0.116. The van der Waals surface area contributed by atoms with Crippen molar-refractivity contribution in [3.63, 3.8) is 0 Å². The minimum Gasteiger partial charge on any atom is -0.355 e. The molecule has 0 saturated carbocycles. The van der Waals surface area contributed by atoms with Crippen molar-refractivity contribution >= 4 is 17.4 Å². The van der Waals surface area contributed by atoms with E-state index in [-0.39, 0.29) is 18.9 Å². The summed E-state index contributed by atoms with van der Waals surface area (Å²) < 4.78 is 1.29. The van der Waals surface area contributed by atoms with Crippen LogP contribution < -0.4 is 21.5 Å². The fourth-order valence-electron chi connectivity index (χ4n) is 3.56. The highest BCUT2D eigenvalue weighted by Gasteiger charge is 2.13. The third kappa shape index (κ3) is 5.25. The first-order valence-corrected chi connectivity index (χ1v) is 10.4. The van der Waals surface area contributed by atoms with Gasteiger partial charge in [0.1, 0.15) is 0 Å². The molecular formula is C22H24N6O3. The zero-order valence-corrected chi connectivity index (χ0v) is 17.1. The van der Waals surface area contributed by atoms with Gasteiger partial charge in [0.05, 0.1) is 5.69 Å². The van der Waals surface area contributed by atoms with Gasteiger partial charge in [0.25, 0.3) is 5.56 Å². The summed E-state index contributed by atoms with van der Waals surface area (Å²) >= 11 is 0. The molecule has 0 atom stereocenters. The number of aromatic amines is 1. The molecule has 3 heterocycles. The predicted molar refractivity (Wildman–Crippen MR) is 118 cm³/mol. The lowest BCUT2D eigenvalue weighted by atomic mass is 10.1. The van der Waals surface area contributed by atoms with Crippen molar-refractivity contribution in [2.24, 2.45) is 0 Å². The number of nitrogens with one attached hydrogen (secondary N) is 2. The van der Waals surface area contributed by atoms with Gasteiger partial charge < -0.3 is 14.8 Å². The molecule has 3 aromatic rings. The highest BCUT2D eigenvalue weighted by molar-refractivity contribution is 5.90. The summed E-state index contributed by atoms with van der Waals surface area (Å²) in [5.74, 6) is 0.686. The number of H-pyrrole nitrogens is 1. The molecule has 2 N–H and O–H groups in total. The van der Waals surface area contributed by atoms with Crippen molar-refractivity contribution in [3.8, 4) is 11.3 Å². The zero-order chi connectivity index (χ0) is 21.6. The van der Waals surface area contributed by atoms with Gasteiger partial charge in [-0.1, -0.05) is 12.1 Å². The molecule has 9 heteroatoms. The summed E-state index contributed by atoms with van der Waals surface area (Å²) in [5, 5.41) is 11.5. The second kappa shape index (κ2) is 9.38. The number of aryl methyl sites for hydroxylation is 1. The van der Waals surface area contributed by atoms with E-state index in [2.05, 4.69) is 25.4 Å². The third-order valence-corrected chi connectivity index (χ3v) is 5.27.